The van der Waals surface area contributed by atoms with Gasteiger partial charge in [-0.25, -0.2) is 4.39 Å². The van der Waals surface area contributed by atoms with Gasteiger partial charge >= 0.3 is 0 Å². The molecule has 0 saturated carbocycles. The maximum Gasteiger partial charge on any atom is 0.193 e. The molecule has 26 heavy (non-hydrogen) atoms. The fraction of sp³-hybridized carbons (Fsp3) is 0.611. The van der Waals surface area contributed by atoms with Crippen molar-refractivity contribution in [3.8, 4) is 0 Å². The molecule has 2 saturated heterocycles. The minimum atomic E-state index is -0.314. The van der Waals surface area contributed by atoms with Crippen LogP contribution in [0.3, 0.4) is 0 Å². The number of halogens is 3. The Morgan fingerprint density at radius 2 is 2.15 bits per heavy atom. The zero-order valence-corrected chi connectivity index (χ0v) is 18.0. The first-order chi connectivity index (χ1) is 12.2. The van der Waals surface area contributed by atoms with Crippen LogP contribution >= 0.6 is 35.6 Å². The van der Waals surface area contributed by atoms with E-state index in [-0.39, 0.29) is 42.0 Å². The van der Waals surface area contributed by atoms with Gasteiger partial charge in [0, 0.05) is 38.3 Å². The van der Waals surface area contributed by atoms with Gasteiger partial charge in [0.25, 0.3) is 0 Å². The number of ether oxygens (including phenoxy) is 2. The highest BCUT2D eigenvalue weighted by Crippen LogP contribution is 2.21. The SMILES string of the molecule is CN=C(NCCc1ccc(F)cc1Cl)N1CCOC(C2CCCO2)C1.I. The molecule has 1 aromatic rings. The number of morpholine rings is 1. The van der Waals surface area contributed by atoms with Crippen LogP contribution in [0.4, 0.5) is 4.39 Å². The zero-order chi connectivity index (χ0) is 17.6. The number of nitrogens with zero attached hydrogens (tertiary/aromatic N) is 2. The van der Waals surface area contributed by atoms with E-state index in [1.54, 1.807) is 13.1 Å². The first-order valence-corrected chi connectivity index (χ1v) is 9.18. The molecule has 8 heteroatoms. The second-order valence-corrected chi connectivity index (χ2v) is 6.77. The molecular formula is C18H26ClFIN3O2. The molecule has 2 unspecified atom stereocenters. The molecule has 0 bridgehead atoms. The summed E-state index contributed by atoms with van der Waals surface area (Å²) in [4.78, 5) is 6.59. The molecule has 3 rings (SSSR count). The third-order valence-electron chi connectivity index (χ3n) is 4.68. The Balaban J connectivity index is 0.00000243. The molecule has 2 atom stereocenters. The van der Waals surface area contributed by atoms with Crippen LogP contribution < -0.4 is 5.32 Å². The molecule has 2 aliphatic rings. The van der Waals surface area contributed by atoms with Gasteiger partial charge in [0.15, 0.2) is 5.96 Å². The van der Waals surface area contributed by atoms with Crippen LogP contribution in [0.15, 0.2) is 23.2 Å². The molecule has 0 radical (unpaired) electrons. The molecule has 2 aliphatic heterocycles. The molecule has 2 heterocycles. The Morgan fingerprint density at radius 1 is 1.35 bits per heavy atom. The van der Waals surface area contributed by atoms with E-state index in [1.165, 1.54) is 12.1 Å². The van der Waals surface area contributed by atoms with Crippen LogP contribution in [0, 0.1) is 5.82 Å². The zero-order valence-electron chi connectivity index (χ0n) is 14.9. The number of aliphatic imine (C=N–C) groups is 1. The van der Waals surface area contributed by atoms with E-state index in [0.29, 0.717) is 24.6 Å². The van der Waals surface area contributed by atoms with Crippen molar-refractivity contribution >= 4 is 41.5 Å². The minimum absolute atomic E-state index is 0. The minimum Gasteiger partial charge on any atom is -0.375 e. The predicted molar refractivity (Wildman–Crippen MR) is 112 cm³/mol. The van der Waals surface area contributed by atoms with Gasteiger partial charge < -0.3 is 19.7 Å². The maximum absolute atomic E-state index is 13.1. The van der Waals surface area contributed by atoms with Gasteiger partial charge in [-0.2, -0.15) is 0 Å². The van der Waals surface area contributed by atoms with Crippen LogP contribution in [0.5, 0.6) is 0 Å². The standard InChI is InChI=1S/C18H25ClFN3O2.HI/c1-21-18(22-7-6-13-4-5-14(20)11-15(13)19)23-8-10-25-17(12-23)16-3-2-9-24-16;/h4-5,11,16-17H,2-3,6-10,12H2,1H3,(H,21,22);1H. The third-order valence-corrected chi connectivity index (χ3v) is 5.03. The summed E-state index contributed by atoms with van der Waals surface area (Å²) < 4.78 is 24.8. The summed E-state index contributed by atoms with van der Waals surface area (Å²) in [5.74, 6) is 0.538. The summed E-state index contributed by atoms with van der Waals surface area (Å²) in [6.07, 6.45) is 3.17. The van der Waals surface area contributed by atoms with Crippen LogP contribution in [-0.2, 0) is 15.9 Å². The van der Waals surface area contributed by atoms with Gasteiger partial charge in [0.05, 0.1) is 12.7 Å². The van der Waals surface area contributed by atoms with E-state index in [1.807, 2.05) is 0 Å². The first kappa shape index (κ1) is 21.7. The number of nitrogens with one attached hydrogen (secondary N) is 1. The van der Waals surface area contributed by atoms with Crippen molar-refractivity contribution in [2.24, 2.45) is 4.99 Å². The van der Waals surface area contributed by atoms with Crippen LogP contribution in [0.25, 0.3) is 0 Å². The lowest BCUT2D eigenvalue weighted by Gasteiger charge is -2.37. The average molecular weight is 498 g/mol. The lowest BCUT2D eigenvalue weighted by atomic mass is 10.1. The quantitative estimate of drug-likeness (QED) is 0.395. The highest BCUT2D eigenvalue weighted by Gasteiger charge is 2.32. The van der Waals surface area contributed by atoms with Crippen molar-refractivity contribution in [3.63, 3.8) is 0 Å². The van der Waals surface area contributed by atoms with E-state index in [2.05, 4.69) is 15.2 Å². The van der Waals surface area contributed by atoms with Crippen molar-refractivity contribution < 1.29 is 13.9 Å². The van der Waals surface area contributed by atoms with Crippen molar-refractivity contribution in [1.82, 2.24) is 10.2 Å². The molecule has 0 aromatic heterocycles. The fourth-order valence-corrected chi connectivity index (χ4v) is 3.62. The van der Waals surface area contributed by atoms with Gasteiger partial charge in [0.1, 0.15) is 11.9 Å². The fourth-order valence-electron chi connectivity index (χ4n) is 3.35. The second-order valence-electron chi connectivity index (χ2n) is 6.37. The Hall–Kier alpha value is -0.640. The molecular weight excluding hydrogens is 472 g/mol. The molecule has 2 fully saturated rings. The lowest BCUT2D eigenvalue weighted by Crippen LogP contribution is -2.53. The van der Waals surface area contributed by atoms with E-state index < -0.39 is 0 Å². The summed E-state index contributed by atoms with van der Waals surface area (Å²) in [6, 6.07) is 4.51. The topological polar surface area (TPSA) is 46.1 Å². The Morgan fingerprint density at radius 3 is 2.85 bits per heavy atom. The van der Waals surface area contributed by atoms with E-state index in [0.717, 1.165) is 44.1 Å². The molecule has 5 nitrogen and oxygen atoms in total. The van der Waals surface area contributed by atoms with Gasteiger partial charge in [-0.15, -0.1) is 24.0 Å². The average Bonchev–Trinajstić information content (AvgIpc) is 3.15. The molecule has 0 spiro atoms. The normalized spacial score (nSPS) is 23.7. The number of hydrogen-bond acceptors (Lipinski definition) is 3. The molecule has 146 valence electrons. The smallest absolute Gasteiger partial charge is 0.193 e. The van der Waals surface area contributed by atoms with Gasteiger partial charge in [-0.05, 0) is 37.0 Å². The summed E-state index contributed by atoms with van der Waals surface area (Å²) in [5, 5.41) is 3.83. The second kappa shape index (κ2) is 10.6. The van der Waals surface area contributed by atoms with E-state index in [4.69, 9.17) is 21.1 Å². The number of guanidine groups is 1. The molecule has 0 amide bonds. The van der Waals surface area contributed by atoms with Crippen molar-refractivity contribution in [3.05, 3.63) is 34.6 Å². The summed E-state index contributed by atoms with van der Waals surface area (Å²) in [6.45, 7) is 3.77. The van der Waals surface area contributed by atoms with E-state index in [9.17, 15) is 4.39 Å². The largest absolute Gasteiger partial charge is 0.375 e. The first-order valence-electron chi connectivity index (χ1n) is 8.80. The van der Waals surface area contributed by atoms with E-state index >= 15 is 0 Å². The van der Waals surface area contributed by atoms with Crippen LogP contribution in [0.1, 0.15) is 18.4 Å². The number of benzene rings is 1. The van der Waals surface area contributed by atoms with Crippen LogP contribution in [-0.4, -0.2) is 63.0 Å². The van der Waals surface area contributed by atoms with Gasteiger partial charge in [-0.1, -0.05) is 17.7 Å². The Kier molecular flexibility index (Phi) is 8.86. The number of hydrogen-bond donors (Lipinski definition) is 1. The van der Waals surface area contributed by atoms with Crippen molar-refractivity contribution in [2.45, 2.75) is 31.5 Å². The molecule has 1 N–H and O–H groups in total. The molecule has 1 aromatic carbocycles. The predicted octanol–water partition coefficient (Wildman–Crippen LogP) is 3.09. The Labute approximate surface area is 176 Å². The van der Waals surface area contributed by atoms with Crippen molar-refractivity contribution in [2.75, 3.05) is 39.9 Å². The van der Waals surface area contributed by atoms with Gasteiger partial charge in [-0.3, -0.25) is 4.99 Å². The number of rotatable bonds is 4. The highest BCUT2D eigenvalue weighted by molar-refractivity contribution is 14.0. The lowest BCUT2D eigenvalue weighted by molar-refractivity contribution is -0.0816. The van der Waals surface area contributed by atoms with Crippen LogP contribution in [0.2, 0.25) is 5.02 Å². The van der Waals surface area contributed by atoms with Crippen molar-refractivity contribution in [1.29, 1.82) is 0 Å². The summed E-state index contributed by atoms with van der Waals surface area (Å²) in [7, 11) is 1.78. The summed E-state index contributed by atoms with van der Waals surface area (Å²) >= 11 is 6.08. The Bertz CT molecular complexity index is 614. The monoisotopic (exact) mass is 497 g/mol. The maximum atomic E-state index is 13.1. The third kappa shape index (κ3) is 5.68. The highest BCUT2D eigenvalue weighted by atomic mass is 127. The van der Waals surface area contributed by atoms with Gasteiger partial charge in [0.2, 0.25) is 0 Å². The molecule has 0 aliphatic carbocycles. The summed E-state index contributed by atoms with van der Waals surface area (Å²) in [5.41, 5.74) is 0.922.